The van der Waals surface area contributed by atoms with Gasteiger partial charge in [-0.25, -0.2) is 4.79 Å². The molecule has 5 nitrogen and oxygen atoms in total. The van der Waals surface area contributed by atoms with Gasteiger partial charge in [0.05, 0.1) is 0 Å². The number of hydrogen-bond donors (Lipinski definition) is 1. The Kier molecular flexibility index (Phi) is 3.61. The molecule has 0 unspecified atom stereocenters. The molecule has 1 aliphatic rings. The zero-order valence-corrected chi connectivity index (χ0v) is 11.9. The number of carbonyl (C=O) groups excluding carboxylic acids is 3. The molecule has 0 atom stereocenters. The summed E-state index contributed by atoms with van der Waals surface area (Å²) >= 11 is 0. The molecular formula is C15H18N2O3. The minimum absolute atomic E-state index is 0.0212. The Morgan fingerprint density at radius 3 is 2.55 bits per heavy atom. The maximum atomic E-state index is 12.3. The first-order valence-corrected chi connectivity index (χ1v) is 6.55. The molecule has 20 heavy (non-hydrogen) atoms. The van der Waals surface area contributed by atoms with Crippen molar-refractivity contribution in [3.05, 3.63) is 29.8 Å². The Morgan fingerprint density at radius 2 is 1.95 bits per heavy atom. The van der Waals surface area contributed by atoms with Crippen LogP contribution in [0.4, 0.5) is 10.5 Å². The summed E-state index contributed by atoms with van der Waals surface area (Å²) in [5.74, 6) is -0.249. The van der Waals surface area contributed by atoms with E-state index >= 15 is 0 Å². The van der Waals surface area contributed by atoms with E-state index in [9.17, 15) is 14.4 Å². The largest absolute Gasteiger partial charge is 0.328 e. The van der Waals surface area contributed by atoms with Crippen molar-refractivity contribution in [3.63, 3.8) is 0 Å². The maximum absolute atomic E-state index is 12.3. The predicted octanol–water partition coefficient (Wildman–Crippen LogP) is 2.36. The standard InChI is InChI=1S/C15H18N2O3/c1-15(2,3)13(19)10-5-4-6-11(9-10)17-8-7-12(18)16-14(17)20/h4-6,9H,7-8H2,1-3H3,(H,16,18,20). The maximum Gasteiger partial charge on any atom is 0.328 e. The number of benzene rings is 1. The highest BCUT2D eigenvalue weighted by molar-refractivity contribution is 6.06. The van der Waals surface area contributed by atoms with Crippen LogP contribution in [0.1, 0.15) is 37.6 Å². The highest BCUT2D eigenvalue weighted by Crippen LogP contribution is 2.24. The van der Waals surface area contributed by atoms with Gasteiger partial charge in [-0.2, -0.15) is 0 Å². The van der Waals surface area contributed by atoms with Gasteiger partial charge in [0.15, 0.2) is 5.78 Å². The summed E-state index contributed by atoms with van der Waals surface area (Å²) < 4.78 is 0. The molecule has 0 aliphatic carbocycles. The molecule has 1 N–H and O–H groups in total. The number of Topliss-reactive ketones (excluding diaryl/α,β-unsaturated/α-hetero) is 1. The number of nitrogens with one attached hydrogen (secondary N) is 1. The molecule has 3 amide bonds. The third kappa shape index (κ3) is 2.87. The second-order valence-electron chi connectivity index (χ2n) is 5.88. The monoisotopic (exact) mass is 274 g/mol. The molecule has 0 aromatic heterocycles. The fourth-order valence-corrected chi connectivity index (χ4v) is 2.06. The zero-order chi connectivity index (χ0) is 14.9. The number of hydrogen-bond acceptors (Lipinski definition) is 3. The summed E-state index contributed by atoms with van der Waals surface area (Å²) in [4.78, 5) is 36.7. The summed E-state index contributed by atoms with van der Waals surface area (Å²) in [7, 11) is 0. The minimum atomic E-state index is -0.473. The zero-order valence-electron chi connectivity index (χ0n) is 11.9. The summed E-state index contributed by atoms with van der Waals surface area (Å²) in [5, 5.41) is 2.27. The van der Waals surface area contributed by atoms with E-state index in [2.05, 4.69) is 5.32 Å². The van der Waals surface area contributed by atoms with E-state index in [1.54, 1.807) is 24.3 Å². The Labute approximate surface area is 118 Å². The van der Waals surface area contributed by atoms with Crippen molar-refractivity contribution in [2.75, 3.05) is 11.4 Å². The van der Waals surface area contributed by atoms with Crippen molar-refractivity contribution in [3.8, 4) is 0 Å². The van der Waals surface area contributed by atoms with E-state index < -0.39 is 11.4 Å². The molecule has 5 heteroatoms. The Bertz CT molecular complexity index is 573. The fraction of sp³-hybridized carbons (Fsp3) is 0.400. The second kappa shape index (κ2) is 5.07. The quantitative estimate of drug-likeness (QED) is 0.842. The molecule has 0 saturated carbocycles. The lowest BCUT2D eigenvalue weighted by molar-refractivity contribution is -0.120. The van der Waals surface area contributed by atoms with Gasteiger partial charge < -0.3 is 0 Å². The van der Waals surface area contributed by atoms with Crippen molar-refractivity contribution in [2.45, 2.75) is 27.2 Å². The van der Waals surface area contributed by atoms with Gasteiger partial charge in [0, 0.05) is 29.6 Å². The van der Waals surface area contributed by atoms with Crippen LogP contribution in [0.3, 0.4) is 0 Å². The summed E-state index contributed by atoms with van der Waals surface area (Å²) in [5.41, 5.74) is 0.725. The number of nitrogens with zero attached hydrogens (tertiary/aromatic N) is 1. The lowest BCUT2D eigenvalue weighted by atomic mass is 9.86. The SMILES string of the molecule is CC(C)(C)C(=O)c1cccc(N2CCC(=O)NC2=O)c1. The van der Waals surface area contributed by atoms with Crippen molar-refractivity contribution in [2.24, 2.45) is 5.41 Å². The molecule has 1 aromatic carbocycles. The normalized spacial score (nSPS) is 16.1. The van der Waals surface area contributed by atoms with E-state index in [-0.39, 0.29) is 18.1 Å². The molecule has 106 valence electrons. The number of imide groups is 1. The molecule has 1 saturated heterocycles. The first-order chi connectivity index (χ1) is 9.29. The van der Waals surface area contributed by atoms with Gasteiger partial charge in [0.1, 0.15) is 0 Å². The van der Waals surface area contributed by atoms with Crippen LogP contribution in [0.25, 0.3) is 0 Å². The van der Waals surface area contributed by atoms with Crippen molar-refractivity contribution in [1.29, 1.82) is 0 Å². The topological polar surface area (TPSA) is 66.5 Å². The van der Waals surface area contributed by atoms with E-state index in [1.165, 1.54) is 4.90 Å². The Morgan fingerprint density at radius 1 is 1.25 bits per heavy atom. The smallest absolute Gasteiger partial charge is 0.294 e. The highest BCUT2D eigenvalue weighted by atomic mass is 16.2. The van der Waals surface area contributed by atoms with Crippen molar-refractivity contribution >= 4 is 23.4 Å². The number of rotatable bonds is 2. The van der Waals surface area contributed by atoms with Crippen LogP contribution >= 0.6 is 0 Å². The number of ketones is 1. The minimum Gasteiger partial charge on any atom is -0.294 e. The highest BCUT2D eigenvalue weighted by Gasteiger charge is 2.26. The molecular weight excluding hydrogens is 256 g/mol. The first kappa shape index (κ1) is 14.2. The third-order valence-corrected chi connectivity index (χ3v) is 3.16. The fourth-order valence-electron chi connectivity index (χ4n) is 2.06. The lowest BCUT2D eigenvalue weighted by Crippen LogP contribution is -2.49. The molecule has 1 aromatic rings. The molecule has 1 fully saturated rings. The predicted molar refractivity (Wildman–Crippen MR) is 75.7 cm³/mol. The number of amides is 3. The Balaban J connectivity index is 2.29. The van der Waals surface area contributed by atoms with Gasteiger partial charge in [0.2, 0.25) is 5.91 Å². The van der Waals surface area contributed by atoms with E-state index in [0.29, 0.717) is 17.8 Å². The summed E-state index contributed by atoms with van der Waals surface area (Å²) in [6.07, 6.45) is 0.267. The van der Waals surface area contributed by atoms with Gasteiger partial charge in [-0.05, 0) is 12.1 Å². The molecule has 0 spiro atoms. The van der Waals surface area contributed by atoms with Crippen LogP contribution in [0.2, 0.25) is 0 Å². The van der Waals surface area contributed by atoms with E-state index in [4.69, 9.17) is 0 Å². The average Bonchev–Trinajstić information content (AvgIpc) is 2.37. The van der Waals surface area contributed by atoms with Gasteiger partial charge in [0.25, 0.3) is 0 Å². The first-order valence-electron chi connectivity index (χ1n) is 6.55. The van der Waals surface area contributed by atoms with Crippen LogP contribution < -0.4 is 10.2 Å². The van der Waals surface area contributed by atoms with Gasteiger partial charge >= 0.3 is 6.03 Å². The number of urea groups is 1. The van der Waals surface area contributed by atoms with E-state index in [0.717, 1.165) is 0 Å². The number of anilines is 1. The molecule has 1 heterocycles. The van der Waals surface area contributed by atoms with Crippen molar-refractivity contribution < 1.29 is 14.4 Å². The molecule has 2 rings (SSSR count). The summed E-state index contributed by atoms with van der Waals surface area (Å²) in [6, 6.07) is 6.50. The molecule has 0 radical (unpaired) electrons. The van der Waals surface area contributed by atoms with Crippen LogP contribution in [0.15, 0.2) is 24.3 Å². The average molecular weight is 274 g/mol. The second-order valence-corrected chi connectivity index (χ2v) is 5.88. The lowest BCUT2D eigenvalue weighted by Gasteiger charge is -2.27. The molecule has 1 aliphatic heterocycles. The third-order valence-electron chi connectivity index (χ3n) is 3.16. The van der Waals surface area contributed by atoms with Gasteiger partial charge in [-0.15, -0.1) is 0 Å². The van der Waals surface area contributed by atoms with Crippen LogP contribution in [0, 0.1) is 5.41 Å². The van der Waals surface area contributed by atoms with Gasteiger partial charge in [-0.3, -0.25) is 19.8 Å². The van der Waals surface area contributed by atoms with Gasteiger partial charge in [-0.1, -0.05) is 32.9 Å². The van der Waals surface area contributed by atoms with Crippen LogP contribution in [0.5, 0.6) is 0 Å². The van der Waals surface area contributed by atoms with Crippen molar-refractivity contribution in [1.82, 2.24) is 5.32 Å². The van der Waals surface area contributed by atoms with Crippen LogP contribution in [-0.2, 0) is 4.79 Å². The van der Waals surface area contributed by atoms with Crippen LogP contribution in [-0.4, -0.2) is 24.3 Å². The Hall–Kier alpha value is -2.17. The summed E-state index contributed by atoms with van der Waals surface area (Å²) in [6.45, 7) is 5.90. The number of carbonyl (C=O) groups is 3. The molecule has 0 bridgehead atoms. The van der Waals surface area contributed by atoms with E-state index in [1.807, 2.05) is 20.8 Å².